The highest BCUT2D eigenvalue weighted by atomic mass is 32.2. The molecule has 1 atom stereocenters. The fourth-order valence-corrected chi connectivity index (χ4v) is 5.04. The van der Waals surface area contributed by atoms with Gasteiger partial charge in [0.25, 0.3) is 0 Å². The molecule has 5 rings (SSSR count). The Hall–Kier alpha value is -3.27. The van der Waals surface area contributed by atoms with Gasteiger partial charge in [0.1, 0.15) is 17.9 Å². The van der Waals surface area contributed by atoms with Crippen molar-refractivity contribution >= 4 is 26.9 Å². The number of benzene rings is 2. The van der Waals surface area contributed by atoms with Gasteiger partial charge in [0.2, 0.25) is 15.7 Å². The minimum absolute atomic E-state index is 0.0855. The molecule has 0 radical (unpaired) electrons. The van der Waals surface area contributed by atoms with E-state index in [4.69, 9.17) is 14.3 Å². The lowest BCUT2D eigenvalue weighted by Gasteiger charge is -2.12. The fourth-order valence-electron chi connectivity index (χ4n) is 4.28. The smallest absolute Gasteiger partial charge is 0.238 e. The quantitative estimate of drug-likeness (QED) is 0.441. The number of furan rings is 1. The summed E-state index contributed by atoms with van der Waals surface area (Å²) in [6, 6.07) is 14.8. The highest BCUT2D eigenvalue weighted by Gasteiger charge is 2.24. The van der Waals surface area contributed by atoms with Crippen LogP contribution in [0.2, 0.25) is 0 Å². The highest BCUT2D eigenvalue weighted by Crippen LogP contribution is 2.43. The molecule has 1 unspecified atom stereocenters. The maximum absolute atomic E-state index is 11.9. The van der Waals surface area contributed by atoms with Gasteiger partial charge in [-0.05, 0) is 49.1 Å². The van der Waals surface area contributed by atoms with E-state index in [-0.39, 0.29) is 11.0 Å². The van der Waals surface area contributed by atoms with Crippen LogP contribution in [-0.2, 0) is 14.8 Å². The monoisotopic (exact) mass is 464 g/mol. The number of nitrogens with zero attached hydrogens (tertiary/aromatic N) is 2. The molecule has 0 saturated carbocycles. The maximum Gasteiger partial charge on any atom is 0.238 e. The average Bonchev–Trinajstić information content (AvgIpc) is 3.45. The normalized spacial score (nSPS) is 16.4. The summed E-state index contributed by atoms with van der Waals surface area (Å²) in [5.41, 5.74) is 3.49. The molecule has 1 aliphatic heterocycles. The molecule has 9 heteroatoms. The van der Waals surface area contributed by atoms with Gasteiger partial charge in [-0.3, -0.25) is 0 Å². The molecule has 0 bridgehead atoms. The molecule has 170 valence electrons. The molecule has 0 amide bonds. The van der Waals surface area contributed by atoms with Gasteiger partial charge in [-0.1, -0.05) is 30.3 Å². The molecule has 3 heterocycles. The zero-order valence-electron chi connectivity index (χ0n) is 18.1. The van der Waals surface area contributed by atoms with E-state index in [2.05, 4.69) is 15.3 Å². The minimum atomic E-state index is -3.82. The third kappa shape index (κ3) is 4.22. The summed E-state index contributed by atoms with van der Waals surface area (Å²) in [5, 5.41) is 9.53. The lowest BCUT2D eigenvalue weighted by molar-refractivity contribution is 0.120. The van der Waals surface area contributed by atoms with E-state index in [1.165, 1.54) is 12.4 Å². The van der Waals surface area contributed by atoms with Crippen molar-refractivity contribution in [3.8, 4) is 22.5 Å². The van der Waals surface area contributed by atoms with E-state index in [0.717, 1.165) is 41.5 Å². The molecule has 2 aromatic heterocycles. The number of aromatic nitrogens is 2. The van der Waals surface area contributed by atoms with Crippen LogP contribution in [0.25, 0.3) is 33.6 Å². The number of primary sulfonamides is 1. The Morgan fingerprint density at radius 3 is 2.64 bits per heavy atom. The number of sulfonamides is 1. The number of ether oxygens (including phenoxy) is 1. The standard InChI is InChI=1S/C24H24N4O4S/c1-15-12-17(9-10-19(15)33(25,29)30)22-20(16-6-3-2-4-7-16)21-23(27-14-28-24(21)32-22)26-13-18-8-5-11-31-18/h2-4,6-7,9-10,12,14,18H,5,8,11,13H2,1H3,(H2,25,29,30)(H,26,27,28). The zero-order valence-corrected chi connectivity index (χ0v) is 18.9. The molecule has 8 nitrogen and oxygen atoms in total. The number of nitrogens with two attached hydrogens (primary N) is 1. The van der Waals surface area contributed by atoms with E-state index in [1.807, 2.05) is 30.3 Å². The number of rotatable bonds is 6. The highest BCUT2D eigenvalue weighted by molar-refractivity contribution is 7.89. The summed E-state index contributed by atoms with van der Waals surface area (Å²) in [6.45, 7) is 3.13. The molecule has 1 aliphatic rings. The van der Waals surface area contributed by atoms with Crippen LogP contribution in [0.4, 0.5) is 5.82 Å². The van der Waals surface area contributed by atoms with Crippen LogP contribution in [0.5, 0.6) is 0 Å². The Morgan fingerprint density at radius 2 is 1.94 bits per heavy atom. The van der Waals surface area contributed by atoms with E-state index < -0.39 is 10.0 Å². The van der Waals surface area contributed by atoms with Crippen molar-refractivity contribution in [2.75, 3.05) is 18.5 Å². The van der Waals surface area contributed by atoms with Gasteiger partial charge in [-0.25, -0.2) is 23.5 Å². The van der Waals surface area contributed by atoms with Crippen LogP contribution in [0.3, 0.4) is 0 Å². The van der Waals surface area contributed by atoms with Crippen molar-refractivity contribution in [1.82, 2.24) is 9.97 Å². The third-order valence-corrected chi connectivity index (χ3v) is 6.89. The number of aryl methyl sites for hydroxylation is 1. The van der Waals surface area contributed by atoms with Gasteiger partial charge in [-0.2, -0.15) is 0 Å². The molecular weight excluding hydrogens is 440 g/mol. The van der Waals surface area contributed by atoms with Crippen molar-refractivity contribution < 1.29 is 17.6 Å². The third-order valence-electron chi connectivity index (χ3n) is 5.82. The molecular formula is C24H24N4O4S. The van der Waals surface area contributed by atoms with Crippen molar-refractivity contribution in [3.05, 3.63) is 60.4 Å². The average molecular weight is 465 g/mol. The Labute approximate surface area is 191 Å². The van der Waals surface area contributed by atoms with E-state index >= 15 is 0 Å². The summed E-state index contributed by atoms with van der Waals surface area (Å²) in [6.07, 6.45) is 3.69. The first kappa shape index (κ1) is 21.6. The van der Waals surface area contributed by atoms with E-state index in [0.29, 0.717) is 29.4 Å². The number of hydrogen-bond donors (Lipinski definition) is 2. The van der Waals surface area contributed by atoms with Crippen LogP contribution in [0.1, 0.15) is 18.4 Å². The van der Waals surface area contributed by atoms with Gasteiger partial charge in [0.05, 0.1) is 16.4 Å². The zero-order chi connectivity index (χ0) is 23.0. The van der Waals surface area contributed by atoms with Gasteiger partial charge in [0, 0.05) is 24.3 Å². The molecule has 0 aliphatic carbocycles. The van der Waals surface area contributed by atoms with Crippen molar-refractivity contribution in [2.45, 2.75) is 30.8 Å². The first-order chi connectivity index (χ1) is 15.9. The second-order valence-corrected chi connectivity index (χ2v) is 9.65. The Bertz CT molecular complexity index is 1410. The first-order valence-electron chi connectivity index (χ1n) is 10.7. The van der Waals surface area contributed by atoms with Gasteiger partial charge < -0.3 is 14.5 Å². The van der Waals surface area contributed by atoms with Gasteiger partial charge >= 0.3 is 0 Å². The lowest BCUT2D eigenvalue weighted by atomic mass is 9.98. The summed E-state index contributed by atoms with van der Waals surface area (Å²) >= 11 is 0. The number of fused-ring (bicyclic) bond motifs is 1. The summed E-state index contributed by atoms with van der Waals surface area (Å²) in [4.78, 5) is 8.95. The van der Waals surface area contributed by atoms with Crippen LogP contribution in [-0.4, -0.2) is 37.6 Å². The molecule has 1 fully saturated rings. The first-order valence-corrected chi connectivity index (χ1v) is 12.3. The second-order valence-electron chi connectivity index (χ2n) is 8.12. The Morgan fingerprint density at radius 1 is 1.12 bits per heavy atom. The predicted molar refractivity (Wildman–Crippen MR) is 126 cm³/mol. The number of nitrogens with one attached hydrogen (secondary N) is 1. The summed E-state index contributed by atoms with van der Waals surface area (Å²) in [7, 11) is -3.82. The number of hydrogen-bond acceptors (Lipinski definition) is 7. The largest absolute Gasteiger partial charge is 0.437 e. The van der Waals surface area contributed by atoms with Crippen molar-refractivity contribution in [1.29, 1.82) is 0 Å². The molecule has 3 N–H and O–H groups in total. The molecule has 2 aromatic carbocycles. The van der Waals surface area contributed by atoms with Crippen LogP contribution >= 0.6 is 0 Å². The molecule has 33 heavy (non-hydrogen) atoms. The topological polar surface area (TPSA) is 120 Å². The Kier molecular flexibility index (Phi) is 5.61. The summed E-state index contributed by atoms with van der Waals surface area (Å²) in [5.74, 6) is 1.25. The van der Waals surface area contributed by atoms with Crippen LogP contribution in [0, 0.1) is 6.92 Å². The molecule has 1 saturated heterocycles. The SMILES string of the molecule is Cc1cc(-c2oc3ncnc(NCC4CCCO4)c3c2-c2ccccc2)ccc1S(N)(=O)=O. The number of anilines is 1. The second kappa shape index (κ2) is 8.58. The van der Waals surface area contributed by atoms with E-state index in [9.17, 15) is 8.42 Å². The van der Waals surface area contributed by atoms with Crippen molar-refractivity contribution in [3.63, 3.8) is 0 Å². The molecule has 4 aromatic rings. The molecule has 0 spiro atoms. The lowest BCUT2D eigenvalue weighted by Crippen LogP contribution is -2.19. The van der Waals surface area contributed by atoms with Crippen LogP contribution < -0.4 is 10.5 Å². The van der Waals surface area contributed by atoms with Gasteiger partial charge in [-0.15, -0.1) is 0 Å². The maximum atomic E-state index is 11.9. The minimum Gasteiger partial charge on any atom is -0.437 e. The fraction of sp³-hybridized carbons (Fsp3) is 0.250. The van der Waals surface area contributed by atoms with E-state index in [1.54, 1.807) is 19.1 Å². The van der Waals surface area contributed by atoms with Crippen molar-refractivity contribution in [2.24, 2.45) is 5.14 Å². The Balaban J connectivity index is 1.68. The van der Waals surface area contributed by atoms with Gasteiger partial charge in [0.15, 0.2) is 0 Å². The van der Waals surface area contributed by atoms with Crippen LogP contribution in [0.15, 0.2) is 64.2 Å². The summed E-state index contributed by atoms with van der Waals surface area (Å²) < 4.78 is 35.7. The predicted octanol–water partition coefficient (Wildman–Crippen LogP) is 4.10.